The molecule has 8 heteroatoms. The number of halogens is 1. The van der Waals surface area contributed by atoms with Crippen molar-refractivity contribution in [1.29, 1.82) is 0 Å². The lowest BCUT2D eigenvalue weighted by Gasteiger charge is -2.25. The van der Waals surface area contributed by atoms with Crippen LogP contribution in [-0.2, 0) is 14.3 Å². The number of hydrogen-bond donors (Lipinski definition) is 2. The van der Waals surface area contributed by atoms with E-state index < -0.39 is 17.7 Å². The van der Waals surface area contributed by atoms with Gasteiger partial charge in [-0.05, 0) is 42.0 Å². The summed E-state index contributed by atoms with van der Waals surface area (Å²) in [5.41, 5.74) is 1.11. The third-order valence-electron chi connectivity index (χ3n) is 4.78. The van der Waals surface area contributed by atoms with Crippen LogP contribution in [0.15, 0.2) is 58.6 Å². The van der Waals surface area contributed by atoms with Crippen LogP contribution in [0, 0.1) is 0 Å². The normalized spacial score (nSPS) is 18.1. The molecule has 1 heterocycles. The second-order valence-electron chi connectivity index (χ2n) is 6.61. The summed E-state index contributed by atoms with van der Waals surface area (Å²) in [5.74, 6) is -1.10. The maximum absolute atomic E-state index is 12.9. The summed E-state index contributed by atoms with van der Waals surface area (Å²) in [6.45, 7) is 0.296. The van der Waals surface area contributed by atoms with Gasteiger partial charge in [-0.15, -0.1) is 0 Å². The Bertz CT molecular complexity index is 956. The van der Waals surface area contributed by atoms with Crippen LogP contribution in [0.3, 0.4) is 0 Å². The molecule has 2 aromatic rings. The summed E-state index contributed by atoms with van der Waals surface area (Å²) in [6, 6.07) is 13.1. The summed E-state index contributed by atoms with van der Waals surface area (Å²) in [6.07, 6.45) is 0. The second kappa shape index (κ2) is 9.88. The Morgan fingerprint density at radius 3 is 2.50 bits per heavy atom. The predicted molar refractivity (Wildman–Crippen MR) is 114 cm³/mol. The van der Waals surface area contributed by atoms with Crippen LogP contribution >= 0.6 is 15.9 Å². The zero-order valence-corrected chi connectivity index (χ0v) is 18.0. The smallest absolute Gasteiger partial charge is 0.295 e. The van der Waals surface area contributed by atoms with Gasteiger partial charge < -0.3 is 24.6 Å². The fourth-order valence-electron chi connectivity index (χ4n) is 3.37. The fourth-order valence-corrected chi connectivity index (χ4v) is 3.78. The highest BCUT2D eigenvalue weighted by Gasteiger charge is 2.45. The molecule has 7 nitrogen and oxygen atoms in total. The molecular formula is C22H22BrNO6. The van der Waals surface area contributed by atoms with Gasteiger partial charge in [0, 0.05) is 16.6 Å². The van der Waals surface area contributed by atoms with Crippen LogP contribution in [0.25, 0.3) is 5.76 Å². The maximum atomic E-state index is 12.9. The van der Waals surface area contributed by atoms with Gasteiger partial charge in [-0.2, -0.15) is 0 Å². The molecule has 1 saturated heterocycles. The SMILES string of the molecule is COc1ccc(/C(O)=C2\C(=O)C(=O)N(CCOCCO)C2c2cccc(Br)c2)cc1. The van der Waals surface area contributed by atoms with E-state index in [0.29, 0.717) is 16.9 Å². The third kappa shape index (κ3) is 4.56. The van der Waals surface area contributed by atoms with Crippen LogP contribution in [0.5, 0.6) is 5.75 Å². The molecule has 158 valence electrons. The zero-order chi connectivity index (χ0) is 21.7. The van der Waals surface area contributed by atoms with Crippen LogP contribution in [0.1, 0.15) is 17.2 Å². The van der Waals surface area contributed by atoms with Crippen molar-refractivity contribution in [2.45, 2.75) is 6.04 Å². The molecule has 0 radical (unpaired) electrons. The van der Waals surface area contributed by atoms with Crippen molar-refractivity contribution in [3.05, 3.63) is 69.7 Å². The average molecular weight is 476 g/mol. The molecule has 2 N–H and O–H groups in total. The molecule has 1 aliphatic rings. The van der Waals surface area contributed by atoms with Crippen molar-refractivity contribution in [3.63, 3.8) is 0 Å². The lowest BCUT2D eigenvalue weighted by atomic mass is 9.95. The Labute approximate surface area is 182 Å². The van der Waals surface area contributed by atoms with Gasteiger partial charge >= 0.3 is 0 Å². The number of nitrogens with zero attached hydrogens (tertiary/aromatic N) is 1. The van der Waals surface area contributed by atoms with Gasteiger partial charge in [0.2, 0.25) is 0 Å². The Balaban J connectivity index is 2.06. The molecule has 1 aliphatic heterocycles. The van der Waals surface area contributed by atoms with E-state index >= 15 is 0 Å². The van der Waals surface area contributed by atoms with Crippen molar-refractivity contribution < 1.29 is 29.3 Å². The molecule has 0 aliphatic carbocycles. The number of aliphatic hydroxyl groups excluding tert-OH is 2. The van der Waals surface area contributed by atoms with E-state index in [1.807, 2.05) is 6.07 Å². The molecule has 2 aromatic carbocycles. The second-order valence-corrected chi connectivity index (χ2v) is 7.53. The van der Waals surface area contributed by atoms with Gasteiger partial charge in [0.15, 0.2) is 0 Å². The number of ether oxygens (including phenoxy) is 2. The first kappa shape index (κ1) is 22.0. The number of carbonyl (C=O) groups is 2. The quantitative estimate of drug-likeness (QED) is 0.263. The van der Waals surface area contributed by atoms with E-state index in [0.717, 1.165) is 4.47 Å². The van der Waals surface area contributed by atoms with Gasteiger partial charge in [-0.25, -0.2) is 0 Å². The maximum Gasteiger partial charge on any atom is 0.295 e. The Kier molecular flexibility index (Phi) is 7.25. The van der Waals surface area contributed by atoms with E-state index in [4.69, 9.17) is 14.6 Å². The molecule has 0 spiro atoms. The van der Waals surface area contributed by atoms with Crippen molar-refractivity contribution in [2.24, 2.45) is 0 Å². The molecule has 0 aromatic heterocycles. The monoisotopic (exact) mass is 475 g/mol. The van der Waals surface area contributed by atoms with Crippen LogP contribution in [0.4, 0.5) is 0 Å². The minimum absolute atomic E-state index is 0.0189. The summed E-state index contributed by atoms with van der Waals surface area (Å²) in [5, 5.41) is 19.8. The number of carbonyl (C=O) groups excluding carboxylic acids is 2. The lowest BCUT2D eigenvalue weighted by Crippen LogP contribution is -2.33. The fraction of sp³-hybridized carbons (Fsp3) is 0.273. The first-order chi connectivity index (χ1) is 14.5. The third-order valence-corrected chi connectivity index (χ3v) is 5.27. The molecule has 0 bridgehead atoms. The lowest BCUT2D eigenvalue weighted by molar-refractivity contribution is -0.140. The number of ketones is 1. The van der Waals surface area contributed by atoms with Gasteiger partial charge in [0.25, 0.3) is 11.7 Å². The van der Waals surface area contributed by atoms with E-state index in [-0.39, 0.29) is 37.7 Å². The van der Waals surface area contributed by atoms with Gasteiger partial charge in [0.1, 0.15) is 11.5 Å². The van der Waals surface area contributed by atoms with Crippen molar-refractivity contribution >= 4 is 33.4 Å². The summed E-state index contributed by atoms with van der Waals surface area (Å²) >= 11 is 3.42. The summed E-state index contributed by atoms with van der Waals surface area (Å²) in [7, 11) is 1.53. The minimum atomic E-state index is -0.762. The minimum Gasteiger partial charge on any atom is -0.507 e. The van der Waals surface area contributed by atoms with Gasteiger partial charge in [-0.3, -0.25) is 9.59 Å². The molecule has 0 saturated carbocycles. The van der Waals surface area contributed by atoms with Crippen LogP contribution < -0.4 is 4.74 Å². The average Bonchev–Trinajstić information content (AvgIpc) is 3.01. The number of hydrogen-bond acceptors (Lipinski definition) is 6. The standard InChI is InChI=1S/C22H22BrNO6/c1-29-17-7-5-14(6-8-17)20(26)18-19(15-3-2-4-16(23)13-15)24(22(28)21(18)27)9-11-30-12-10-25/h2-8,13,19,25-26H,9-12H2,1H3/b20-18+. The highest BCUT2D eigenvalue weighted by molar-refractivity contribution is 9.10. The highest BCUT2D eigenvalue weighted by atomic mass is 79.9. The number of methoxy groups -OCH3 is 1. The summed E-state index contributed by atoms with van der Waals surface area (Å²) in [4.78, 5) is 27.0. The number of aliphatic hydroxyl groups is 2. The Morgan fingerprint density at radius 2 is 1.87 bits per heavy atom. The predicted octanol–water partition coefficient (Wildman–Crippen LogP) is 2.89. The Morgan fingerprint density at radius 1 is 1.13 bits per heavy atom. The van der Waals surface area contributed by atoms with E-state index in [2.05, 4.69) is 15.9 Å². The molecule has 30 heavy (non-hydrogen) atoms. The van der Waals surface area contributed by atoms with E-state index in [1.165, 1.54) is 12.0 Å². The molecule has 3 rings (SSSR count). The summed E-state index contributed by atoms with van der Waals surface area (Å²) < 4.78 is 11.2. The van der Waals surface area contributed by atoms with E-state index in [1.54, 1.807) is 42.5 Å². The first-order valence-corrected chi connectivity index (χ1v) is 10.1. The molecule has 1 atom stereocenters. The number of rotatable bonds is 8. The molecular weight excluding hydrogens is 454 g/mol. The first-order valence-electron chi connectivity index (χ1n) is 9.34. The molecule has 1 amide bonds. The van der Waals surface area contributed by atoms with E-state index in [9.17, 15) is 14.7 Å². The van der Waals surface area contributed by atoms with Gasteiger partial charge in [0.05, 0.1) is 38.5 Å². The van der Waals surface area contributed by atoms with Gasteiger partial charge in [-0.1, -0.05) is 28.1 Å². The van der Waals surface area contributed by atoms with Crippen LogP contribution in [0.2, 0.25) is 0 Å². The topological polar surface area (TPSA) is 96.3 Å². The number of likely N-dealkylation sites (tertiary alicyclic amines) is 1. The van der Waals surface area contributed by atoms with Crippen LogP contribution in [-0.4, -0.2) is 60.3 Å². The zero-order valence-electron chi connectivity index (χ0n) is 16.4. The molecule has 1 fully saturated rings. The van der Waals surface area contributed by atoms with Crippen molar-refractivity contribution in [3.8, 4) is 5.75 Å². The number of amides is 1. The van der Waals surface area contributed by atoms with Crippen molar-refractivity contribution in [2.75, 3.05) is 33.5 Å². The van der Waals surface area contributed by atoms with Crippen molar-refractivity contribution in [1.82, 2.24) is 4.90 Å². The Hall–Kier alpha value is -2.68. The molecule has 1 unspecified atom stereocenters. The number of Topliss-reactive ketones (excluding diaryl/α,β-unsaturated/α-hetero) is 1. The highest BCUT2D eigenvalue weighted by Crippen LogP contribution is 2.40. The number of benzene rings is 2. The largest absolute Gasteiger partial charge is 0.507 e.